The first-order valence-corrected chi connectivity index (χ1v) is 7.94. The molecule has 0 unspecified atom stereocenters. The highest BCUT2D eigenvalue weighted by Gasteiger charge is 2.17. The summed E-state index contributed by atoms with van der Waals surface area (Å²) < 4.78 is 1.12. The topological polar surface area (TPSA) is 100 Å². The summed E-state index contributed by atoms with van der Waals surface area (Å²) in [7, 11) is 0. The lowest BCUT2D eigenvalue weighted by molar-refractivity contribution is 0.408. The van der Waals surface area contributed by atoms with Crippen molar-refractivity contribution in [2.75, 3.05) is 0 Å². The highest BCUT2D eigenvalue weighted by atomic mass is 16.3. The summed E-state index contributed by atoms with van der Waals surface area (Å²) in [6.45, 7) is 0.144. The molecule has 0 fully saturated rings. The van der Waals surface area contributed by atoms with Crippen LogP contribution in [0.3, 0.4) is 0 Å². The molecule has 1 aromatic carbocycles. The maximum atomic E-state index is 12.2. The summed E-state index contributed by atoms with van der Waals surface area (Å²) in [5.74, 6) is 0.160. The van der Waals surface area contributed by atoms with Gasteiger partial charge in [0.15, 0.2) is 5.82 Å². The third-order valence-electron chi connectivity index (χ3n) is 4.11. The lowest BCUT2D eigenvalue weighted by Crippen LogP contribution is -2.31. The molecule has 1 aliphatic heterocycles. The van der Waals surface area contributed by atoms with Crippen molar-refractivity contribution in [3.8, 4) is 5.88 Å². The summed E-state index contributed by atoms with van der Waals surface area (Å²) >= 11 is 0. The van der Waals surface area contributed by atoms with Crippen LogP contribution in [-0.2, 0) is 6.54 Å². The van der Waals surface area contributed by atoms with Crippen LogP contribution in [0.1, 0.15) is 16.7 Å². The van der Waals surface area contributed by atoms with Crippen molar-refractivity contribution in [3.63, 3.8) is 0 Å². The van der Waals surface area contributed by atoms with Gasteiger partial charge in [0.2, 0.25) is 5.88 Å². The number of H-pyrrole nitrogens is 1. The van der Waals surface area contributed by atoms with Crippen molar-refractivity contribution >= 4 is 23.7 Å². The lowest BCUT2D eigenvalue weighted by Gasteiger charge is -2.10. The third-order valence-corrected chi connectivity index (χ3v) is 4.11. The second-order valence-electron chi connectivity index (χ2n) is 5.80. The first kappa shape index (κ1) is 15.8. The van der Waals surface area contributed by atoms with E-state index < -0.39 is 11.2 Å². The van der Waals surface area contributed by atoms with Crippen LogP contribution < -0.4 is 11.2 Å². The van der Waals surface area contributed by atoms with Crippen LogP contribution in [0.15, 0.2) is 63.2 Å². The first-order chi connectivity index (χ1) is 12.6. The molecule has 1 aliphatic rings. The van der Waals surface area contributed by atoms with Gasteiger partial charge in [0.25, 0.3) is 5.56 Å². The van der Waals surface area contributed by atoms with Crippen LogP contribution in [0.4, 0.5) is 5.82 Å². The van der Waals surface area contributed by atoms with Gasteiger partial charge in [-0.1, -0.05) is 30.3 Å². The molecule has 128 valence electrons. The number of aromatic nitrogens is 3. The summed E-state index contributed by atoms with van der Waals surface area (Å²) in [6, 6.07) is 12.8. The average molecular weight is 346 g/mol. The molecule has 0 spiro atoms. The summed E-state index contributed by atoms with van der Waals surface area (Å²) in [5.41, 5.74) is 0.896. The molecule has 26 heavy (non-hydrogen) atoms. The van der Waals surface area contributed by atoms with E-state index in [9.17, 15) is 14.7 Å². The Hall–Kier alpha value is -3.74. The number of pyridine rings is 1. The molecule has 3 aromatic rings. The van der Waals surface area contributed by atoms with E-state index in [2.05, 4.69) is 15.0 Å². The highest BCUT2D eigenvalue weighted by Crippen LogP contribution is 2.30. The van der Waals surface area contributed by atoms with Gasteiger partial charge in [-0.25, -0.2) is 14.8 Å². The van der Waals surface area contributed by atoms with Crippen LogP contribution in [0.2, 0.25) is 0 Å². The summed E-state index contributed by atoms with van der Waals surface area (Å²) in [4.78, 5) is 34.9. The number of hydrogen-bond donors (Lipinski definition) is 2. The largest absolute Gasteiger partial charge is 0.494 e. The maximum absolute atomic E-state index is 12.2. The van der Waals surface area contributed by atoms with Gasteiger partial charge in [0, 0.05) is 23.5 Å². The fourth-order valence-corrected chi connectivity index (χ4v) is 2.81. The minimum Gasteiger partial charge on any atom is -0.494 e. The number of nitrogens with one attached hydrogen (secondary N) is 1. The minimum atomic E-state index is -0.666. The Morgan fingerprint density at radius 1 is 1.12 bits per heavy atom. The molecule has 7 heteroatoms. The van der Waals surface area contributed by atoms with E-state index in [1.54, 1.807) is 18.5 Å². The van der Waals surface area contributed by atoms with Gasteiger partial charge in [-0.3, -0.25) is 14.3 Å². The van der Waals surface area contributed by atoms with E-state index in [-0.39, 0.29) is 18.0 Å². The van der Waals surface area contributed by atoms with Crippen LogP contribution in [0.25, 0.3) is 11.6 Å². The van der Waals surface area contributed by atoms with E-state index in [0.717, 1.165) is 15.7 Å². The van der Waals surface area contributed by atoms with Crippen molar-refractivity contribution < 1.29 is 5.11 Å². The molecule has 0 amide bonds. The number of aromatic hydroxyl groups is 1. The van der Waals surface area contributed by atoms with E-state index in [0.29, 0.717) is 11.4 Å². The van der Waals surface area contributed by atoms with Gasteiger partial charge >= 0.3 is 5.69 Å². The van der Waals surface area contributed by atoms with Crippen molar-refractivity contribution in [2.45, 2.75) is 6.54 Å². The molecule has 2 aromatic heterocycles. The second-order valence-corrected chi connectivity index (χ2v) is 5.80. The Labute approximate surface area is 147 Å². The molecular formula is C19H14N4O3. The van der Waals surface area contributed by atoms with Crippen LogP contribution in [0.5, 0.6) is 5.88 Å². The van der Waals surface area contributed by atoms with Crippen molar-refractivity contribution in [1.82, 2.24) is 14.5 Å². The normalized spacial score (nSPS) is 13.9. The highest BCUT2D eigenvalue weighted by molar-refractivity contribution is 6.21. The van der Waals surface area contributed by atoms with Crippen LogP contribution >= 0.6 is 0 Å². The molecule has 0 bridgehead atoms. The SMILES string of the molecule is O=c1[nH]c(=O)n(Cc2ccccc2)c(O)c1/C=C1/C=Nc2ncccc21. The number of aliphatic imine (C=N–C) groups is 1. The lowest BCUT2D eigenvalue weighted by atomic mass is 10.1. The summed E-state index contributed by atoms with van der Waals surface area (Å²) in [6.07, 6.45) is 4.71. The van der Waals surface area contributed by atoms with Crippen LogP contribution in [-0.4, -0.2) is 25.9 Å². The fourth-order valence-electron chi connectivity index (χ4n) is 2.81. The Kier molecular flexibility index (Phi) is 3.81. The third kappa shape index (κ3) is 2.75. The maximum Gasteiger partial charge on any atom is 0.331 e. The molecule has 0 radical (unpaired) electrons. The van der Waals surface area contributed by atoms with Crippen LogP contribution in [0, 0.1) is 0 Å². The van der Waals surface area contributed by atoms with Crippen molar-refractivity contribution in [1.29, 1.82) is 0 Å². The predicted octanol–water partition coefficient (Wildman–Crippen LogP) is 1.94. The molecule has 0 aliphatic carbocycles. The molecule has 2 N–H and O–H groups in total. The Morgan fingerprint density at radius 3 is 2.73 bits per heavy atom. The molecule has 3 heterocycles. The number of nitrogens with zero attached hydrogens (tertiary/aromatic N) is 3. The molecule has 7 nitrogen and oxygen atoms in total. The zero-order valence-corrected chi connectivity index (χ0v) is 13.6. The average Bonchev–Trinajstić information content (AvgIpc) is 3.06. The Balaban J connectivity index is 1.82. The molecule has 0 atom stereocenters. The summed E-state index contributed by atoms with van der Waals surface area (Å²) in [5, 5.41) is 10.6. The number of rotatable bonds is 3. The molecule has 0 saturated carbocycles. The van der Waals surface area contributed by atoms with Gasteiger partial charge in [0.1, 0.15) is 5.56 Å². The number of allylic oxidation sites excluding steroid dienone is 1. The minimum absolute atomic E-state index is 0.00122. The van der Waals surface area contributed by atoms with Gasteiger partial charge in [-0.2, -0.15) is 0 Å². The zero-order chi connectivity index (χ0) is 18.1. The van der Waals surface area contributed by atoms with Gasteiger partial charge in [0.05, 0.1) is 6.54 Å². The molecular weight excluding hydrogens is 332 g/mol. The Bertz CT molecular complexity index is 1160. The first-order valence-electron chi connectivity index (χ1n) is 7.94. The number of benzene rings is 1. The van der Waals surface area contributed by atoms with E-state index >= 15 is 0 Å². The van der Waals surface area contributed by atoms with Gasteiger partial charge in [-0.05, 0) is 23.8 Å². The molecule has 4 rings (SSSR count). The Morgan fingerprint density at radius 2 is 1.92 bits per heavy atom. The molecule has 0 saturated heterocycles. The van der Waals surface area contributed by atoms with E-state index in [4.69, 9.17) is 0 Å². The zero-order valence-electron chi connectivity index (χ0n) is 13.6. The van der Waals surface area contributed by atoms with Gasteiger partial charge in [-0.15, -0.1) is 0 Å². The van der Waals surface area contributed by atoms with Gasteiger partial charge < -0.3 is 5.11 Å². The smallest absolute Gasteiger partial charge is 0.331 e. The fraction of sp³-hybridized carbons (Fsp3) is 0.0526. The van der Waals surface area contributed by atoms with E-state index in [1.807, 2.05) is 36.4 Å². The second kappa shape index (κ2) is 6.29. The quantitative estimate of drug-likeness (QED) is 0.757. The predicted molar refractivity (Wildman–Crippen MR) is 98.8 cm³/mol. The standard InChI is InChI=1S/C19H14N4O3/c24-17-15(9-13-10-21-16-14(13)7-4-8-20-16)18(25)23(19(26)22-17)11-12-5-2-1-3-6-12/h1-10,25H,11H2,(H,22,24,26)/b13-9-. The van der Waals surface area contributed by atoms with E-state index in [1.165, 1.54) is 6.08 Å². The van der Waals surface area contributed by atoms with Crippen molar-refractivity contribution in [2.24, 2.45) is 4.99 Å². The number of hydrogen-bond acceptors (Lipinski definition) is 5. The number of fused-ring (bicyclic) bond motifs is 1. The monoisotopic (exact) mass is 346 g/mol. The van der Waals surface area contributed by atoms with Crippen molar-refractivity contribution in [3.05, 3.63) is 86.2 Å². The number of aromatic amines is 1.